The molecule has 0 radical (unpaired) electrons. The third-order valence-electron chi connectivity index (χ3n) is 4.35. The van der Waals surface area contributed by atoms with E-state index in [0.29, 0.717) is 11.4 Å². The lowest BCUT2D eigenvalue weighted by Gasteiger charge is -2.19. The molecule has 3 rings (SSSR count). The molecule has 1 N–H and O–H groups in total. The molecule has 0 bridgehead atoms. The Morgan fingerprint density at radius 2 is 1.88 bits per heavy atom. The Balaban J connectivity index is 1.90. The first-order chi connectivity index (χ1) is 11.5. The third kappa shape index (κ3) is 2.97. The van der Waals surface area contributed by atoms with Crippen molar-refractivity contribution in [3.63, 3.8) is 0 Å². The topological polar surface area (TPSA) is 51.9 Å². The summed E-state index contributed by atoms with van der Waals surface area (Å²) in [6.45, 7) is 6.17. The van der Waals surface area contributed by atoms with Crippen LogP contribution in [0.5, 0.6) is 0 Å². The van der Waals surface area contributed by atoms with Gasteiger partial charge in [-0.15, -0.1) is 0 Å². The Morgan fingerprint density at radius 3 is 2.50 bits per heavy atom. The summed E-state index contributed by atoms with van der Waals surface area (Å²) in [4.78, 5) is 12.6. The number of rotatable bonds is 4. The van der Waals surface area contributed by atoms with Crippen LogP contribution in [0.25, 0.3) is 0 Å². The van der Waals surface area contributed by atoms with Crippen LogP contribution < -0.4 is 5.32 Å². The van der Waals surface area contributed by atoms with Crippen molar-refractivity contribution in [3.8, 4) is 0 Å². The number of nitrogens with one attached hydrogen (secondary N) is 1. The lowest BCUT2D eigenvalue weighted by Crippen LogP contribution is -2.15. The molecule has 0 fully saturated rings. The second-order valence-electron chi connectivity index (χ2n) is 6.07. The van der Waals surface area contributed by atoms with Crippen molar-refractivity contribution in [1.82, 2.24) is 14.3 Å². The first kappa shape index (κ1) is 16.1. The van der Waals surface area contributed by atoms with Gasteiger partial charge in [0.25, 0.3) is 5.91 Å². The second kappa shape index (κ2) is 6.35. The van der Waals surface area contributed by atoms with E-state index in [-0.39, 0.29) is 11.9 Å². The van der Waals surface area contributed by atoms with Crippen molar-refractivity contribution < 1.29 is 4.79 Å². The van der Waals surface area contributed by atoms with E-state index < -0.39 is 0 Å². The molecule has 0 saturated carbocycles. The molecule has 24 heavy (non-hydrogen) atoms. The van der Waals surface area contributed by atoms with E-state index in [1.54, 1.807) is 16.9 Å². The molecule has 5 nitrogen and oxygen atoms in total. The number of aryl methyl sites for hydroxylation is 2. The largest absolute Gasteiger partial charge is 0.341 e. The maximum absolute atomic E-state index is 12.6. The lowest BCUT2D eigenvalue weighted by molar-refractivity contribution is 0.102. The van der Waals surface area contributed by atoms with Gasteiger partial charge in [0.05, 0.1) is 11.6 Å². The van der Waals surface area contributed by atoms with Gasteiger partial charge in [0.2, 0.25) is 0 Å². The smallest absolute Gasteiger partial charge is 0.258 e. The highest BCUT2D eigenvalue weighted by molar-refractivity contribution is 6.04. The molecule has 1 atom stereocenters. The van der Waals surface area contributed by atoms with Gasteiger partial charge in [0.15, 0.2) is 5.82 Å². The van der Waals surface area contributed by atoms with Gasteiger partial charge >= 0.3 is 0 Å². The second-order valence-corrected chi connectivity index (χ2v) is 6.07. The van der Waals surface area contributed by atoms with Crippen molar-refractivity contribution in [3.05, 3.63) is 71.2 Å². The number of amides is 1. The van der Waals surface area contributed by atoms with E-state index in [4.69, 9.17) is 0 Å². The van der Waals surface area contributed by atoms with Crippen molar-refractivity contribution >= 4 is 11.7 Å². The quantitative estimate of drug-likeness (QED) is 0.796. The summed E-state index contributed by atoms with van der Waals surface area (Å²) in [6, 6.07) is 14.2. The highest BCUT2D eigenvalue weighted by Gasteiger charge is 2.20. The number of anilines is 1. The number of aromatic nitrogens is 3. The molecule has 2 aromatic heterocycles. The number of benzene rings is 1. The van der Waals surface area contributed by atoms with Crippen LogP contribution in [-0.4, -0.2) is 20.3 Å². The number of carbonyl (C=O) groups is 1. The molecule has 0 aliphatic rings. The monoisotopic (exact) mass is 322 g/mol. The first-order valence-electron chi connectivity index (χ1n) is 8.01. The minimum Gasteiger partial charge on any atom is -0.341 e. The lowest BCUT2D eigenvalue weighted by atomic mass is 10.1. The summed E-state index contributed by atoms with van der Waals surface area (Å²) in [5, 5.41) is 7.05. The van der Waals surface area contributed by atoms with Crippen molar-refractivity contribution in [1.29, 1.82) is 0 Å². The fourth-order valence-electron chi connectivity index (χ4n) is 3.15. The molecule has 1 aromatic carbocycles. The standard InChI is InChI=1S/C19H22N4O/c1-13-12-17(19(24)20-18-10-11-22(4)21-18)15(3)23(13)14(2)16-8-6-5-7-9-16/h5-12,14H,1-4H3,(H,20,21,24)/t14-/m1/s1. The van der Waals surface area contributed by atoms with E-state index in [9.17, 15) is 4.79 Å². The molecule has 0 spiro atoms. The minimum absolute atomic E-state index is 0.131. The molecular formula is C19H22N4O. The summed E-state index contributed by atoms with van der Waals surface area (Å²) in [7, 11) is 1.82. The predicted molar refractivity (Wildman–Crippen MR) is 95.3 cm³/mol. The van der Waals surface area contributed by atoms with E-state index in [0.717, 1.165) is 11.4 Å². The van der Waals surface area contributed by atoms with Crippen molar-refractivity contribution in [2.45, 2.75) is 26.8 Å². The molecule has 0 unspecified atom stereocenters. The number of hydrogen-bond donors (Lipinski definition) is 1. The van der Waals surface area contributed by atoms with E-state index in [1.807, 2.05) is 45.2 Å². The molecule has 0 aliphatic carbocycles. The van der Waals surface area contributed by atoms with Crippen LogP contribution in [0.3, 0.4) is 0 Å². The van der Waals surface area contributed by atoms with Crippen LogP contribution in [0, 0.1) is 13.8 Å². The fraction of sp³-hybridized carbons (Fsp3) is 0.263. The van der Waals surface area contributed by atoms with Crippen molar-refractivity contribution in [2.24, 2.45) is 7.05 Å². The van der Waals surface area contributed by atoms with E-state index >= 15 is 0 Å². The first-order valence-corrected chi connectivity index (χ1v) is 8.01. The maximum atomic E-state index is 12.6. The highest BCUT2D eigenvalue weighted by Crippen LogP contribution is 2.25. The maximum Gasteiger partial charge on any atom is 0.258 e. The van der Waals surface area contributed by atoms with Crippen LogP contribution in [0.15, 0.2) is 48.7 Å². The van der Waals surface area contributed by atoms with Gasteiger partial charge in [0, 0.05) is 30.7 Å². The predicted octanol–water partition coefficient (Wildman–Crippen LogP) is 3.70. The fourth-order valence-corrected chi connectivity index (χ4v) is 3.15. The van der Waals surface area contributed by atoms with Crippen LogP contribution in [0.1, 0.15) is 40.3 Å². The zero-order valence-electron chi connectivity index (χ0n) is 14.4. The number of carbonyl (C=O) groups excluding carboxylic acids is 1. The molecule has 3 aromatic rings. The van der Waals surface area contributed by atoms with Gasteiger partial charge in [-0.1, -0.05) is 30.3 Å². The van der Waals surface area contributed by atoms with E-state index in [1.165, 1.54) is 5.56 Å². The van der Waals surface area contributed by atoms with E-state index in [2.05, 4.69) is 34.0 Å². The third-order valence-corrected chi connectivity index (χ3v) is 4.35. The van der Waals surface area contributed by atoms with Crippen LogP contribution in [-0.2, 0) is 7.05 Å². The zero-order valence-corrected chi connectivity index (χ0v) is 14.4. The van der Waals surface area contributed by atoms with Gasteiger partial charge in [-0.25, -0.2) is 0 Å². The normalized spacial score (nSPS) is 12.2. The average Bonchev–Trinajstić information content (AvgIpc) is 3.10. The average molecular weight is 322 g/mol. The molecule has 0 aliphatic heterocycles. The van der Waals surface area contributed by atoms with Crippen LogP contribution in [0.2, 0.25) is 0 Å². The molecule has 0 saturated heterocycles. The summed E-state index contributed by atoms with van der Waals surface area (Å²) in [5.74, 6) is 0.428. The van der Waals surface area contributed by atoms with Gasteiger partial charge in [-0.05, 0) is 32.4 Å². The Hall–Kier alpha value is -2.82. The number of hydrogen-bond acceptors (Lipinski definition) is 2. The van der Waals surface area contributed by atoms with Crippen molar-refractivity contribution in [2.75, 3.05) is 5.32 Å². The van der Waals surface area contributed by atoms with Gasteiger partial charge in [-0.2, -0.15) is 5.10 Å². The molecular weight excluding hydrogens is 300 g/mol. The Bertz CT molecular complexity index is 861. The summed E-state index contributed by atoms with van der Waals surface area (Å²) in [5.41, 5.74) is 3.92. The highest BCUT2D eigenvalue weighted by atomic mass is 16.1. The van der Waals surface area contributed by atoms with Gasteiger partial charge < -0.3 is 9.88 Å². The van der Waals surface area contributed by atoms with Crippen LogP contribution in [0.4, 0.5) is 5.82 Å². The molecule has 1 amide bonds. The SMILES string of the molecule is Cc1cc(C(=O)Nc2ccn(C)n2)c(C)n1[C@H](C)c1ccccc1. The zero-order chi connectivity index (χ0) is 17.3. The Kier molecular flexibility index (Phi) is 4.25. The van der Waals surface area contributed by atoms with Crippen LogP contribution >= 0.6 is 0 Å². The molecule has 124 valence electrons. The summed E-state index contributed by atoms with van der Waals surface area (Å²) in [6.07, 6.45) is 1.80. The molecule has 2 heterocycles. The van der Waals surface area contributed by atoms with Gasteiger partial charge in [0.1, 0.15) is 0 Å². The number of nitrogens with zero attached hydrogens (tertiary/aromatic N) is 3. The summed E-state index contributed by atoms with van der Waals surface area (Å²) >= 11 is 0. The summed E-state index contributed by atoms with van der Waals surface area (Å²) < 4.78 is 3.86. The Labute approximate surface area is 141 Å². The van der Waals surface area contributed by atoms with Gasteiger partial charge in [-0.3, -0.25) is 9.48 Å². The molecule has 5 heteroatoms. The minimum atomic E-state index is -0.131. The Morgan fingerprint density at radius 1 is 1.17 bits per heavy atom.